The van der Waals surface area contributed by atoms with E-state index in [1.165, 1.54) is 38.4 Å². The van der Waals surface area contributed by atoms with Gasteiger partial charge in [0.25, 0.3) is 11.8 Å². The number of aromatic nitrogens is 2. The van der Waals surface area contributed by atoms with Crippen LogP contribution in [0.5, 0.6) is 5.75 Å². The van der Waals surface area contributed by atoms with Crippen LogP contribution in [-0.2, 0) is 35.3 Å². The smallest absolute Gasteiger partial charge is 0.328 e. The largest absolute Gasteiger partial charge is 0.497 e. The predicted molar refractivity (Wildman–Crippen MR) is 165 cm³/mol. The second-order valence-corrected chi connectivity index (χ2v) is 11.3. The number of nitrogens with zero attached hydrogens (tertiary/aromatic N) is 3. The molecule has 3 aromatic rings. The number of amides is 3. The fourth-order valence-electron chi connectivity index (χ4n) is 4.95. The quantitative estimate of drug-likeness (QED) is 0.242. The summed E-state index contributed by atoms with van der Waals surface area (Å²) in [7, 11) is 2.84. The fraction of sp³-hybridized carbons (Fsp3) is 0.406. The number of benzene rings is 2. The first-order valence-corrected chi connectivity index (χ1v) is 14.6. The van der Waals surface area contributed by atoms with Crippen molar-refractivity contribution in [2.24, 2.45) is 5.73 Å². The highest BCUT2D eigenvalue weighted by Gasteiger charge is 2.39. The van der Waals surface area contributed by atoms with Gasteiger partial charge in [-0.1, -0.05) is 42.5 Å². The van der Waals surface area contributed by atoms with Gasteiger partial charge < -0.3 is 40.0 Å². The molecule has 2 heterocycles. The molecule has 13 heteroatoms. The van der Waals surface area contributed by atoms with Gasteiger partial charge in [0.15, 0.2) is 5.82 Å². The van der Waals surface area contributed by atoms with Crippen LogP contribution in [0, 0.1) is 0 Å². The molecule has 0 bridgehead atoms. The van der Waals surface area contributed by atoms with Crippen LogP contribution in [0.15, 0.2) is 67.1 Å². The van der Waals surface area contributed by atoms with E-state index in [9.17, 15) is 19.2 Å². The summed E-state index contributed by atoms with van der Waals surface area (Å²) >= 11 is 0. The average Bonchev–Trinajstić information content (AvgIpc) is 3.71. The van der Waals surface area contributed by atoms with E-state index in [-0.39, 0.29) is 24.9 Å². The first kappa shape index (κ1) is 33.1. The van der Waals surface area contributed by atoms with Crippen molar-refractivity contribution in [3.05, 3.63) is 78.2 Å². The lowest BCUT2D eigenvalue weighted by atomic mass is 10.0. The molecule has 0 aliphatic carbocycles. The Morgan fingerprint density at radius 1 is 1.07 bits per heavy atom. The Morgan fingerprint density at radius 2 is 1.78 bits per heavy atom. The van der Waals surface area contributed by atoms with E-state index in [0.29, 0.717) is 30.7 Å². The van der Waals surface area contributed by atoms with E-state index in [1.54, 1.807) is 35.9 Å². The van der Waals surface area contributed by atoms with Crippen molar-refractivity contribution in [2.75, 3.05) is 32.7 Å². The van der Waals surface area contributed by atoms with Crippen molar-refractivity contribution in [3.8, 4) is 5.75 Å². The molecule has 0 spiro atoms. The minimum Gasteiger partial charge on any atom is -0.497 e. The number of carbonyl (C=O) groups excluding carboxylic acids is 4. The molecule has 45 heavy (non-hydrogen) atoms. The van der Waals surface area contributed by atoms with Gasteiger partial charge in [0.2, 0.25) is 5.91 Å². The Hall–Kier alpha value is -4.75. The van der Waals surface area contributed by atoms with E-state index in [4.69, 9.17) is 19.9 Å². The Bertz CT molecular complexity index is 1470. The zero-order valence-corrected chi connectivity index (χ0v) is 25.9. The van der Waals surface area contributed by atoms with E-state index in [0.717, 1.165) is 5.56 Å². The van der Waals surface area contributed by atoms with Crippen LogP contribution in [0.1, 0.15) is 43.9 Å². The van der Waals surface area contributed by atoms with Crippen LogP contribution in [-0.4, -0.2) is 83.1 Å². The molecule has 13 nitrogen and oxygen atoms in total. The second-order valence-electron chi connectivity index (χ2n) is 11.3. The van der Waals surface area contributed by atoms with Gasteiger partial charge in [-0.15, -0.1) is 0 Å². The maximum absolute atomic E-state index is 14.0. The SMILES string of the molecule is COC(=O)[C@H]1CCCN1C(=O)C(c1ccc(OC)cc1)n1cnc(NC(=O)C(COCc2ccccc2)NC(=O)C(C)(C)N)c1. The number of methoxy groups -OCH3 is 2. The summed E-state index contributed by atoms with van der Waals surface area (Å²) in [6.45, 7) is 3.57. The molecule has 1 fully saturated rings. The number of likely N-dealkylation sites (tertiary alicyclic amines) is 1. The highest BCUT2D eigenvalue weighted by atomic mass is 16.5. The molecule has 4 rings (SSSR count). The molecular formula is C32H40N6O7. The molecule has 4 N–H and O–H groups in total. The normalized spacial score (nSPS) is 16.0. The van der Waals surface area contributed by atoms with Crippen molar-refractivity contribution < 1.29 is 33.4 Å². The lowest BCUT2D eigenvalue weighted by Crippen LogP contribution is -2.56. The number of ether oxygens (including phenoxy) is 3. The monoisotopic (exact) mass is 620 g/mol. The number of carbonyl (C=O) groups is 4. The topological polar surface area (TPSA) is 167 Å². The molecule has 2 unspecified atom stereocenters. The van der Waals surface area contributed by atoms with E-state index >= 15 is 0 Å². The van der Waals surface area contributed by atoms with E-state index in [1.807, 2.05) is 30.3 Å². The molecule has 1 saturated heterocycles. The van der Waals surface area contributed by atoms with Crippen LogP contribution >= 0.6 is 0 Å². The lowest BCUT2D eigenvalue weighted by Gasteiger charge is -2.28. The van der Waals surface area contributed by atoms with E-state index in [2.05, 4.69) is 15.6 Å². The van der Waals surface area contributed by atoms with E-state index < -0.39 is 41.4 Å². The van der Waals surface area contributed by atoms with Crippen molar-refractivity contribution in [1.82, 2.24) is 19.8 Å². The van der Waals surface area contributed by atoms with Gasteiger partial charge >= 0.3 is 5.97 Å². The maximum atomic E-state index is 14.0. The minimum atomic E-state index is -1.23. The Labute approximate surface area is 262 Å². The summed E-state index contributed by atoms with van der Waals surface area (Å²) in [5, 5.41) is 5.37. The summed E-state index contributed by atoms with van der Waals surface area (Å²) in [6.07, 6.45) is 4.10. The van der Waals surface area contributed by atoms with Crippen LogP contribution in [0.25, 0.3) is 0 Å². The summed E-state index contributed by atoms with van der Waals surface area (Å²) in [4.78, 5) is 58.4. The average molecular weight is 621 g/mol. The minimum absolute atomic E-state index is 0.125. The van der Waals surface area contributed by atoms with Gasteiger partial charge in [-0.05, 0) is 49.9 Å². The van der Waals surface area contributed by atoms with Crippen molar-refractivity contribution in [1.29, 1.82) is 0 Å². The summed E-state index contributed by atoms with van der Waals surface area (Å²) < 4.78 is 17.5. The van der Waals surface area contributed by atoms with Crippen LogP contribution in [0.3, 0.4) is 0 Å². The van der Waals surface area contributed by atoms with Crippen LogP contribution < -0.4 is 21.1 Å². The fourth-order valence-corrected chi connectivity index (χ4v) is 4.95. The third-order valence-corrected chi connectivity index (χ3v) is 7.43. The zero-order chi connectivity index (χ0) is 32.6. The summed E-state index contributed by atoms with van der Waals surface area (Å²) in [5.74, 6) is -1.16. The highest BCUT2D eigenvalue weighted by molar-refractivity contribution is 5.98. The number of nitrogens with two attached hydrogens (primary N) is 1. The number of esters is 1. The lowest BCUT2D eigenvalue weighted by molar-refractivity contribution is -0.151. The van der Waals surface area contributed by atoms with Gasteiger partial charge in [0, 0.05) is 12.7 Å². The Kier molecular flexibility index (Phi) is 10.9. The number of rotatable bonds is 13. The van der Waals surface area contributed by atoms with Gasteiger partial charge in [-0.2, -0.15) is 0 Å². The standard InChI is InChI=1S/C32H40N6O7/c1-32(2,33)31(42)35-24(19-45-18-21-9-6-5-7-10-21)28(39)36-26-17-37(20-34-26)27(22-12-14-23(43-3)15-13-22)29(40)38-16-8-11-25(38)30(41)44-4/h5-7,9-10,12-15,17,20,24-25,27H,8,11,16,18-19,33H2,1-4H3,(H,35,42)(H,36,39)/t24?,25-,27?/m1/s1. The highest BCUT2D eigenvalue weighted by Crippen LogP contribution is 2.29. The number of anilines is 1. The molecule has 0 radical (unpaired) electrons. The molecular weight excluding hydrogens is 580 g/mol. The third kappa shape index (κ3) is 8.46. The number of imidazole rings is 1. The first-order valence-electron chi connectivity index (χ1n) is 14.6. The Balaban J connectivity index is 1.56. The van der Waals surface area contributed by atoms with Gasteiger partial charge in [0.05, 0.1) is 39.3 Å². The molecule has 1 aliphatic heterocycles. The number of hydrogen-bond acceptors (Lipinski definition) is 9. The van der Waals surface area contributed by atoms with Crippen molar-refractivity contribution in [3.63, 3.8) is 0 Å². The third-order valence-electron chi connectivity index (χ3n) is 7.43. The van der Waals surface area contributed by atoms with Gasteiger partial charge in [0.1, 0.15) is 23.9 Å². The summed E-state index contributed by atoms with van der Waals surface area (Å²) in [5.41, 5.74) is 6.25. The first-order chi connectivity index (χ1) is 21.5. The number of hydrogen-bond donors (Lipinski definition) is 3. The number of nitrogens with one attached hydrogen (secondary N) is 2. The molecule has 3 amide bonds. The van der Waals surface area contributed by atoms with Crippen molar-refractivity contribution >= 4 is 29.5 Å². The van der Waals surface area contributed by atoms with Gasteiger partial charge in [-0.25, -0.2) is 9.78 Å². The van der Waals surface area contributed by atoms with Crippen LogP contribution in [0.2, 0.25) is 0 Å². The maximum Gasteiger partial charge on any atom is 0.328 e. The molecule has 2 aromatic carbocycles. The Morgan fingerprint density at radius 3 is 2.42 bits per heavy atom. The van der Waals surface area contributed by atoms with Crippen LogP contribution in [0.4, 0.5) is 5.82 Å². The van der Waals surface area contributed by atoms with Crippen molar-refractivity contribution in [2.45, 2.75) is 57.0 Å². The zero-order valence-electron chi connectivity index (χ0n) is 25.9. The molecule has 240 valence electrons. The summed E-state index contributed by atoms with van der Waals surface area (Å²) in [6, 6.07) is 13.7. The molecule has 0 saturated carbocycles. The molecule has 1 aromatic heterocycles. The second kappa shape index (κ2) is 14.8. The molecule has 3 atom stereocenters. The van der Waals surface area contributed by atoms with Gasteiger partial charge in [-0.3, -0.25) is 14.4 Å². The predicted octanol–water partition coefficient (Wildman–Crippen LogP) is 2.02. The molecule has 1 aliphatic rings.